The Morgan fingerprint density at radius 1 is 1.17 bits per heavy atom. The lowest BCUT2D eigenvalue weighted by atomic mass is 9.84. The minimum absolute atomic E-state index is 0.0255. The van der Waals surface area contributed by atoms with Gasteiger partial charge >= 0.3 is 5.97 Å². The highest BCUT2D eigenvalue weighted by atomic mass is 16.4. The maximum atomic E-state index is 13.5. The molecule has 0 aromatic carbocycles. The number of hydrogen-bond acceptors (Lipinski definition) is 4. The Morgan fingerprint density at radius 2 is 1.77 bits per heavy atom. The Balaban J connectivity index is 3.11. The monoisotopic (exact) mass is 423 g/mol. The fraction of sp³-hybridized carbons (Fsp3) is 0.783. The smallest absolute Gasteiger partial charge is 0.331 e. The van der Waals surface area contributed by atoms with Crippen LogP contribution in [-0.4, -0.2) is 71.5 Å². The van der Waals surface area contributed by atoms with E-state index in [9.17, 15) is 19.5 Å². The van der Waals surface area contributed by atoms with E-state index in [0.717, 1.165) is 32.2 Å². The van der Waals surface area contributed by atoms with Crippen molar-refractivity contribution >= 4 is 17.8 Å². The molecule has 1 unspecified atom stereocenters. The van der Waals surface area contributed by atoms with Gasteiger partial charge < -0.3 is 15.3 Å². The number of likely N-dealkylation sites (N-methyl/N-ethyl adjacent to an activating group) is 2. The zero-order valence-electron chi connectivity index (χ0n) is 20.0. The number of carbonyl (C=O) groups excluding carboxylic acids is 2. The average molecular weight is 424 g/mol. The number of likely N-dealkylation sites (tertiary alicyclic amines) is 1. The van der Waals surface area contributed by atoms with E-state index in [-0.39, 0.29) is 35.4 Å². The van der Waals surface area contributed by atoms with Crippen LogP contribution in [0, 0.1) is 11.3 Å². The van der Waals surface area contributed by atoms with Crippen molar-refractivity contribution in [2.75, 3.05) is 20.6 Å². The van der Waals surface area contributed by atoms with E-state index in [1.807, 2.05) is 41.7 Å². The summed E-state index contributed by atoms with van der Waals surface area (Å²) in [4.78, 5) is 41.5. The van der Waals surface area contributed by atoms with Gasteiger partial charge in [0.1, 0.15) is 6.04 Å². The summed E-state index contributed by atoms with van der Waals surface area (Å²) in [6, 6.07) is -1.31. The van der Waals surface area contributed by atoms with Crippen LogP contribution in [0.4, 0.5) is 0 Å². The Bertz CT molecular complexity index is 651. The van der Waals surface area contributed by atoms with E-state index >= 15 is 0 Å². The van der Waals surface area contributed by atoms with E-state index in [2.05, 4.69) is 10.2 Å². The number of carbonyl (C=O) groups is 3. The van der Waals surface area contributed by atoms with E-state index in [0.29, 0.717) is 0 Å². The van der Waals surface area contributed by atoms with E-state index < -0.39 is 17.4 Å². The van der Waals surface area contributed by atoms with Crippen molar-refractivity contribution in [3.63, 3.8) is 0 Å². The van der Waals surface area contributed by atoms with E-state index in [1.165, 1.54) is 6.92 Å². The highest BCUT2D eigenvalue weighted by Crippen LogP contribution is 2.25. The molecule has 0 radical (unpaired) electrons. The lowest BCUT2D eigenvalue weighted by Gasteiger charge is -2.38. The molecule has 1 aliphatic rings. The number of nitrogens with zero attached hydrogens (tertiary/aromatic N) is 2. The fourth-order valence-electron chi connectivity index (χ4n) is 3.90. The van der Waals surface area contributed by atoms with Gasteiger partial charge in [0, 0.05) is 12.6 Å². The molecule has 1 aliphatic heterocycles. The lowest BCUT2D eigenvalue weighted by Crippen LogP contribution is -2.59. The lowest BCUT2D eigenvalue weighted by molar-refractivity contribution is -0.141. The molecule has 7 nitrogen and oxygen atoms in total. The van der Waals surface area contributed by atoms with Crippen molar-refractivity contribution < 1.29 is 19.5 Å². The number of carboxylic acid groups (broad SMARTS) is 1. The standard InChI is InChI=1S/C23H41N3O4/c1-15(2)18(14-16(3)22(29)30)26(8)21(28)19(23(4,5)6)24-20(27)17-12-10-9-11-13-25(17)7/h14-15,17-19H,9-13H2,1-8H3,(H,24,27)(H,29,30)/b16-14+/t17?,18-,19-/m1/s1. The molecule has 7 heteroatoms. The van der Waals surface area contributed by atoms with Crippen LogP contribution in [0.2, 0.25) is 0 Å². The second-order valence-electron chi connectivity index (χ2n) is 9.99. The van der Waals surface area contributed by atoms with Gasteiger partial charge in [-0.15, -0.1) is 0 Å². The molecule has 0 spiro atoms. The van der Waals surface area contributed by atoms with Gasteiger partial charge in [-0.25, -0.2) is 4.79 Å². The first kappa shape index (κ1) is 26.1. The molecule has 0 aromatic heterocycles. The molecular weight excluding hydrogens is 382 g/mol. The van der Waals surface area contributed by atoms with Crippen molar-refractivity contribution in [3.05, 3.63) is 11.6 Å². The SMILES string of the molecule is C/C(=C\[C@H](C(C)C)N(C)C(=O)[C@@H](NC(=O)C1CCCCCN1C)C(C)(C)C)C(=O)O. The molecule has 0 aliphatic carbocycles. The highest BCUT2D eigenvalue weighted by molar-refractivity contribution is 5.91. The van der Waals surface area contributed by atoms with Crippen LogP contribution >= 0.6 is 0 Å². The Morgan fingerprint density at radius 3 is 2.27 bits per heavy atom. The number of aliphatic carboxylic acids is 1. The summed E-state index contributed by atoms with van der Waals surface area (Å²) in [6.45, 7) is 12.1. The van der Waals surface area contributed by atoms with Gasteiger partial charge in [-0.1, -0.05) is 53.5 Å². The molecule has 0 aromatic rings. The predicted octanol–water partition coefficient (Wildman–Crippen LogP) is 2.91. The maximum Gasteiger partial charge on any atom is 0.331 e. The Labute approximate surface area is 181 Å². The predicted molar refractivity (Wildman–Crippen MR) is 119 cm³/mol. The summed E-state index contributed by atoms with van der Waals surface area (Å²) in [7, 11) is 3.64. The minimum atomic E-state index is -1.00. The summed E-state index contributed by atoms with van der Waals surface area (Å²) in [5, 5.41) is 12.3. The van der Waals surface area contributed by atoms with Gasteiger partial charge in [0.15, 0.2) is 0 Å². The first-order valence-electron chi connectivity index (χ1n) is 11.0. The van der Waals surface area contributed by atoms with Crippen molar-refractivity contribution in [2.24, 2.45) is 11.3 Å². The van der Waals surface area contributed by atoms with E-state index in [4.69, 9.17) is 0 Å². The fourth-order valence-corrected chi connectivity index (χ4v) is 3.90. The number of carboxylic acids is 1. The van der Waals surface area contributed by atoms with Crippen molar-refractivity contribution in [1.82, 2.24) is 15.1 Å². The summed E-state index contributed by atoms with van der Waals surface area (Å²) in [6.07, 6.45) is 5.61. The first-order valence-corrected chi connectivity index (χ1v) is 11.0. The summed E-state index contributed by atoms with van der Waals surface area (Å²) in [5.74, 6) is -1.30. The molecule has 2 amide bonds. The van der Waals surface area contributed by atoms with Crippen LogP contribution in [0.1, 0.15) is 67.2 Å². The highest BCUT2D eigenvalue weighted by Gasteiger charge is 2.38. The van der Waals surface area contributed by atoms with Gasteiger partial charge in [0.05, 0.1) is 12.1 Å². The quantitative estimate of drug-likeness (QED) is 0.615. The normalized spacial score (nSPS) is 21.0. The largest absolute Gasteiger partial charge is 0.478 e. The number of rotatable bonds is 7. The molecule has 30 heavy (non-hydrogen) atoms. The molecule has 0 bridgehead atoms. The third-order valence-electron chi connectivity index (χ3n) is 5.96. The number of amides is 2. The molecule has 2 N–H and O–H groups in total. The maximum absolute atomic E-state index is 13.5. The van der Waals surface area contributed by atoms with Crippen molar-refractivity contribution in [2.45, 2.75) is 85.4 Å². The van der Waals surface area contributed by atoms with E-state index in [1.54, 1.807) is 18.0 Å². The topological polar surface area (TPSA) is 90.0 Å². The molecule has 1 heterocycles. The first-order chi connectivity index (χ1) is 13.8. The molecule has 1 fully saturated rings. The zero-order chi connectivity index (χ0) is 23.2. The average Bonchev–Trinajstić information content (AvgIpc) is 2.85. The second-order valence-corrected chi connectivity index (χ2v) is 9.99. The Kier molecular flexibility index (Phi) is 9.53. The molecule has 0 saturated carbocycles. The van der Waals surface area contributed by atoms with Crippen LogP contribution in [0.15, 0.2) is 11.6 Å². The molecule has 1 saturated heterocycles. The minimum Gasteiger partial charge on any atom is -0.478 e. The Hall–Kier alpha value is -1.89. The summed E-state index contributed by atoms with van der Waals surface area (Å²) in [5.41, 5.74) is -0.290. The second kappa shape index (κ2) is 10.9. The molecular formula is C23H41N3O4. The van der Waals surface area contributed by atoms with Crippen LogP contribution in [0.25, 0.3) is 0 Å². The number of hydrogen-bond donors (Lipinski definition) is 2. The van der Waals surface area contributed by atoms with Gasteiger partial charge in [0.2, 0.25) is 11.8 Å². The van der Waals surface area contributed by atoms with Gasteiger partial charge in [-0.3, -0.25) is 14.5 Å². The van der Waals surface area contributed by atoms with Crippen molar-refractivity contribution in [1.29, 1.82) is 0 Å². The van der Waals surface area contributed by atoms with Gasteiger partial charge in [-0.2, -0.15) is 0 Å². The summed E-state index contributed by atoms with van der Waals surface area (Å²) < 4.78 is 0. The summed E-state index contributed by atoms with van der Waals surface area (Å²) >= 11 is 0. The van der Waals surface area contributed by atoms with Gasteiger partial charge in [0.25, 0.3) is 0 Å². The number of nitrogens with one attached hydrogen (secondary N) is 1. The third kappa shape index (κ3) is 7.11. The molecule has 1 rings (SSSR count). The molecule has 3 atom stereocenters. The van der Waals surface area contributed by atoms with Crippen molar-refractivity contribution in [3.8, 4) is 0 Å². The molecule has 172 valence electrons. The van der Waals surface area contributed by atoms with Crippen LogP contribution in [0.5, 0.6) is 0 Å². The van der Waals surface area contributed by atoms with Crippen LogP contribution in [-0.2, 0) is 14.4 Å². The zero-order valence-corrected chi connectivity index (χ0v) is 20.0. The van der Waals surface area contributed by atoms with Gasteiger partial charge in [-0.05, 0) is 44.7 Å². The van der Waals surface area contributed by atoms with Crippen LogP contribution < -0.4 is 5.32 Å². The van der Waals surface area contributed by atoms with Crippen LogP contribution in [0.3, 0.4) is 0 Å². The third-order valence-corrected chi connectivity index (χ3v) is 5.96.